The zero-order valence-corrected chi connectivity index (χ0v) is 13.7. The normalized spacial score (nSPS) is 29.2. The summed E-state index contributed by atoms with van der Waals surface area (Å²) in [5.41, 5.74) is 1.24. The first-order chi connectivity index (χ1) is 11.2. The molecule has 2 aliphatic carbocycles. The lowest BCUT2D eigenvalue weighted by Crippen LogP contribution is -2.31. The van der Waals surface area contributed by atoms with Crippen molar-refractivity contribution < 1.29 is 9.90 Å². The molecule has 2 saturated carbocycles. The second-order valence-electron chi connectivity index (χ2n) is 7.11. The monoisotopic (exact) mass is 313 g/mol. The van der Waals surface area contributed by atoms with Crippen LogP contribution in [0.25, 0.3) is 0 Å². The molecule has 3 rings (SSSR count). The average Bonchev–Trinajstić information content (AvgIpc) is 3.11. The van der Waals surface area contributed by atoms with E-state index in [1.807, 2.05) is 0 Å². The van der Waals surface area contributed by atoms with E-state index >= 15 is 0 Å². The molecule has 124 valence electrons. The van der Waals surface area contributed by atoms with Gasteiger partial charge in [-0.25, -0.2) is 0 Å². The van der Waals surface area contributed by atoms with E-state index in [4.69, 9.17) is 5.11 Å². The Morgan fingerprint density at radius 3 is 2.74 bits per heavy atom. The summed E-state index contributed by atoms with van der Waals surface area (Å²) in [5.74, 6) is 1.79. The second kappa shape index (κ2) is 7.67. The van der Waals surface area contributed by atoms with Crippen LogP contribution in [0.4, 0.5) is 5.69 Å². The van der Waals surface area contributed by atoms with Crippen molar-refractivity contribution in [1.29, 1.82) is 0 Å². The topological polar surface area (TPSA) is 49.3 Å². The van der Waals surface area contributed by atoms with Crippen molar-refractivity contribution in [3.05, 3.63) is 42.5 Å². The molecular weight excluding hydrogens is 286 g/mol. The second-order valence-corrected chi connectivity index (χ2v) is 7.11. The molecule has 3 heteroatoms. The Hall–Kier alpha value is -1.77. The zero-order chi connectivity index (χ0) is 16.1. The minimum absolute atomic E-state index is 0.279. The van der Waals surface area contributed by atoms with Crippen molar-refractivity contribution >= 4 is 11.7 Å². The van der Waals surface area contributed by atoms with Crippen LogP contribution in [0.5, 0.6) is 0 Å². The fraction of sp³-hybridized carbons (Fsp3) is 0.550. The maximum absolute atomic E-state index is 10.5. The van der Waals surface area contributed by atoms with Crippen LogP contribution in [-0.4, -0.2) is 17.1 Å². The van der Waals surface area contributed by atoms with E-state index in [9.17, 15) is 4.79 Å². The van der Waals surface area contributed by atoms with E-state index in [-0.39, 0.29) is 6.42 Å². The molecule has 2 unspecified atom stereocenters. The first-order valence-electron chi connectivity index (χ1n) is 8.90. The number of aliphatic carboxylic acids is 1. The van der Waals surface area contributed by atoms with E-state index in [1.54, 1.807) is 0 Å². The number of rotatable bonds is 8. The van der Waals surface area contributed by atoms with Gasteiger partial charge in [0.15, 0.2) is 0 Å². The van der Waals surface area contributed by atoms with E-state index in [0.717, 1.165) is 37.0 Å². The lowest BCUT2D eigenvalue weighted by molar-refractivity contribution is -0.137. The van der Waals surface area contributed by atoms with E-state index in [2.05, 4.69) is 47.8 Å². The zero-order valence-electron chi connectivity index (χ0n) is 13.7. The maximum Gasteiger partial charge on any atom is 0.303 e. The van der Waals surface area contributed by atoms with Crippen molar-refractivity contribution in [3.63, 3.8) is 0 Å². The summed E-state index contributed by atoms with van der Waals surface area (Å²) in [5, 5.41) is 12.4. The number of allylic oxidation sites excluding steroid dienone is 2. The van der Waals surface area contributed by atoms with Crippen LogP contribution < -0.4 is 5.32 Å². The Balaban J connectivity index is 1.45. The lowest BCUT2D eigenvalue weighted by atomic mass is 9.83. The molecular formula is C20H27NO2. The Morgan fingerprint density at radius 1 is 1.17 bits per heavy atom. The predicted octanol–water partition coefficient (Wildman–Crippen LogP) is 4.71. The number of anilines is 1. The van der Waals surface area contributed by atoms with Gasteiger partial charge in [0.25, 0.3) is 0 Å². The third-order valence-electron chi connectivity index (χ3n) is 5.44. The van der Waals surface area contributed by atoms with E-state index in [1.165, 1.54) is 24.9 Å². The number of unbranched alkanes of at least 4 members (excludes halogenated alkanes) is 1. The van der Waals surface area contributed by atoms with Crippen molar-refractivity contribution in [2.75, 3.05) is 5.32 Å². The quantitative estimate of drug-likeness (QED) is 0.539. The molecule has 0 aliphatic heterocycles. The minimum Gasteiger partial charge on any atom is -0.481 e. The fourth-order valence-corrected chi connectivity index (χ4v) is 4.44. The largest absolute Gasteiger partial charge is 0.481 e. The van der Waals surface area contributed by atoms with Gasteiger partial charge in [0.05, 0.1) is 0 Å². The molecule has 23 heavy (non-hydrogen) atoms. The van der Waals surface area contributed by atoms with Gasteiger partial charge in [-0.2, -0.15) is 0 Å². The highest BCUT2D eigenvalue weighted by atomic mass is 16.4. The lowest BCUT2D eigenvalue weighted by Gasteiger charge is -2.30. The molecule has 0 amide bonds. The highest BCUT2D eigenvalue weighted by Crippen LogP contribution is 2.50. The fourth-order valence-electron chi connectivity index (χ4n) is 4.44. The molecule has 2 N–H and O–H groups in total. The predicted molar refractivity (Wildman–Crippen MR) is 93.4 cm³/mol. The van der Waals surface area contributed by atoms with Gasteiger partial charge < -0.3 is 10.4 Å². The van der Waals surface area contributed by atoms with Crippen molar-refractivity contribution in [2.24, 2.45) is 17.8 Å². The third kappa shape index (κ3) is 4.37. The summed E-state index contributed by atoms with van der Waals surface area (Å²) >= 11 is 0. The first-order valence-corrected chi connectivity index (χ1v) is 8.90. The summed E-state index contributed by atoms with van der Waals surface area (Å²) in [6.45, 7) is 0. The molecule has 0 spiro atoms. The van der Waals surface area contributed by atoms with E-state index in [0.29, 0.717) is 6.04 Å². The smallest absolute Gasteiger partial charge is 0.303 e. The summed E-state index contributed by atoms with van der Waals surface area (Å²) in [4.78, 5) is 10.5. The van der Waals surface area contributed by atoms with Gasteiger partial charge in [0.2, 0.25) is 0 Å². The summed E-state index contributed by atoms with van der Waals surface area (Å²) < 4.78 is 0. The van der Waals surface area contributed by atoms with Gasteiger partial charge in [0.1, 0.15) is 0 Å². The summed E-state index contributed by atoms with van der Waals surface area (Å²) in [6, 6.07) is 11.2. The molecule has 0 heterocycles. The van der Waals surface area contributed by atoms with Crippen molar-refractivity contribution in [1.82, 2.24) is 0 Å². The molecule has 0 radical (unpaired) electrons. The Bertz CT molecular complexity index is 540. The van der Waals surface area contributed by atoms with Crippen LogP contribution in [0.1, 0.15) is 44.9 Å². The van der Waals surface area contributed by atoms with Crippen LogP contribution in [0.2, 0.25) is 0 Å². The molecule has 1 aromatic carbocycles. The number of para-hydroxylation sites is 1. The van der Waals surface area contributed by atoms with Crippen LogP contribution in [0.15, 0.2) is 42.5 Å². The molecule has 2 bridgehead atoms. The highest BCUT2D eigenvalue weighted by Gasteiger charge is 2.45. The number of benzene rings is 1. The van der Waals surface area contributed by atoms with Crippen molar-refractivity contribution in [2.45, 2.75) is 51.0 Å². The highest BCUT2D eigenvalue weighted by molar-refractivity contribution is 5.66. The molecule has 0 aromatic heterocycles. The van der Waals surface area contributed by atoms with Crippen LogP contribution in [0, 0.1) is 17.8 Å². The Morgan fingerprint density at radius 2 is 2.00 bits per heavy atom. The van der Waals surface area contributed by atoms with Crippen molar-refractivity contribution in [3.8, 4) is 0 Å². The number of carbonyl (C=O) groups is 1. The number of carboxylic acid groups (broad SMARTS) is 1. The number of nitrogens with one attached hydrogen (secondary N) is 1. The van der Waals surface area contributed by atoms with Gasteiger partial charge in [-0.05, 0) is 68.4 Å². The van der Waals surface area contributed by atoms with Gasteiger partial charge in [-0.15, -0.1) is 0 Å². The summed E-state index contributed by atoms with van der Waals surface area (Å²) in [7, 11) is 0. The SMILES string of the molecule is O=C(O)CCCC=CCC1C[C@H]2CC(Nc3ccccc3)[C@@H]1C2. The number of fused-ring (bicyclic) bond motifs is 2. The van der Waals surface area contributed by atoms with Gasteiger partial charge in [0, 0.05) is 18.2 Å². The minimum atomic E-state index is -0.693. The molecule has 3 nitrogen and oxygen atoms in total. The first kappa shape index (κ1) is 16.1. The molecule has 1 aromatic rings. The molecule has 2 fully saturated rings. The number of carboxylic acids is 1. The third-order valence-corrected chi connectivity index (χ3v) is 5.44. The van der Waals surface area contributed by atoms with E-state index < -0.39 is 5.97 Å². The van der Waals surface area contributed by atoms with Gasteiger partial charge in [-0.3, -0.25) is 4.79 Å². The van der Waals surface area contributed by atoms with Crippen LogP contribution in [0.3, 0.4) is 0 Å². The van der Waals surface area contributed by atoms with Crippen LogP contribution in [-0.2, 0) is 4.79 Å². The molecule has 0 saturated heterocycles. The number of hydrogen-bond donors (Lipinski definition) is 2. The number of hydrogen-bond acceptors (Lipinski definition) is 2. The summed E-state index contributed by atoms with van der Waals surface area (Å²) in [6.07, 6.45) is 11.6. The molecule has 4 atom stereocenters. The van der Waals surface area contributed by atoms with Crippen LogP contribution >= 0.6 is 0 Å². The standard InChI is InChI=1S/C20H27NO2/c22-20(23)11-7-2-1-4-8-16-12-15-13-18(16)19(14-15)21-17-9-5-3-6-10-17/h1,3-6,9-10,15-16,18-19,21H,2,7-8,11-14H2,(H,22,23)/t15-,16?,18-,19?/m1/s1. The Kier molecular flexibility index (Phi) is 5.37. The van der Waals surface area contributed by atoms with Gasteiger partial charge >= 0.3 is 5.97 Å². The average molecular weight is 313 g/mol. The Labute approximate surface area is 138 Å². The van der Waals surface area contributed by atoms with Gasteiger partial charge in [-0.1, -0.05) is 30.4 Å². The molecule has 2 aliphatic rings. The maximum atomic E-state index is 10.5.